The smallest absolute Gasteiger partial charge is 0.305 e. The van der Waals surface area contributed by atoms with Crippen molar-refractivity contribution in [3.05, 3.63) is 0 Å². The third kappa shape index (κ3) is 9.62. The Kier molecular flexibility index (Phi) is 10.4. The Morgan fingerprint density at radius 2 is 1.84 bits per heavy atom. The number of unbranched alkanes of at least 4 members (excludes halogenated alkanes) is 4. The molecule has 1 atom stereocenters. The number of likely N-dealkylation sites (N-methyl/N-ethyl adjacent to an activating group) is 2. The number of aliphatic carboxylic acids is 1. The molecule has 19 heavy (non-hydrogen) atoms. The van der Waals surface area contributed by atoms with Crippen LogP contribution in [0.3, 0.4) is 0 Å². The van der Waals surface area contributed by atoms with Crippen LogP contribution in [0.2, 0.25) is 0 Å². The molecule has 0 saturated heterocycles. The minimum absolute atomic E-state index is 0.0547. The fourth-order valence-electron chi connectivity index (χ4n) is 1.99. The summed E-state index contributed by atoms with van der Waals surface area (Å²) in [6, 6.07) is -0.583. The number of carbonyl (C=O) groups excluding carboxylic acids is 1. The highest BCUT2D eigenvalue weighted by molar-refractivity contribution is 5.89. The van der Waals surface area contributed by atoms with E-state index in [9.17, 15) is 9.59 Å². The first kappa shape index (κ1) is 18.1. The molecular weight excluding hydrogens is 244 g/mol. The summed E-state index contributed by atoms with van der Waals surface area (Å²) in [6.07, 6.45) is 5.87. The van der Waals surface area contributed by atoms with Crippen molar-refractivity contribution >= 4 is 11.8 Å². The minimum Gasteiger partial charge on any atom is -0.481 e. The van der Waals surface area contributed by atoms with Crippen molar-refractivity contribution in [3.8, 4) is 0 Å². The molecule has 0 aliphatic rings. The van der Waals surface area contributed by atoms with E-state index in [0.29, 0.717) is 6.54 Å². The van der Waals surface area contributed by atoms with Crippen molar-refractivity contribution in [2.75, 3.05) is 27.2 Å². The molecule has 5 nitrogen and oxygen atoms in total. The van der Waals surface area contributed by atoms with E-state index in [2.05, 4.69) is 12.2 Å². The standard InChI is InChI=1S/C14H28N2O3/c1-4-5-6-7-8-9-16(3)11-13(17)12(15-2)10-14(18)19/h12,15H,4-11H2,1-3H3,(H,18,19). The topological polar surface area (TPSA) is 69.6 Å². The van der Waals surface area contributed by atoms with Gasteiger partial charge in [0.25, 0.3) is 0 Å². The number of carbonyl (C=O) groups is 2. The third-order valence-corrected chi connectivity index (χ3v) is 3.19. The number of nitrogens with zero attached hydrogens (tertiary/aromatic N) is 1. The van der Waals surface area contributed by atoms with E-state index < -0.39 is 12.0 Å². The van der Waals surface area contributed by atoms with Crippen LogP contribution in [0, 0.1) is 0 Å². The summed E-state index contributed by atoms with van der Waals surface area (Å²) >= 11 is 0. The average Bonchev–Trinajstić information content (AvgIpc) is 2.35. The number of hydrogen-bond donors (Lipinski definition) is 2. The summed E-state index contributed by atoms with van der Waals surface area (Å²) in [7, 11) is 3.53. The highest BCUT2D eigenvalue weighted by Gasteiger charge is 2.20. The fraction of sp³-hybridized carbons (Fsp3) is 0.857. The van der Waals surface area contributed by atoms with Gasteiger partial charge in [0.2, 0.25) is 0 Å². The van der Waals surface area contributed by atoms with Gasteiger partial charge in [0.1, 0.15) is 0 Å². The molecular formula is C14H28N2O3. The molecule has 0 radical (unpaired) electrons. The largest absolute Gasteiger partial charge is 0.481 e. The van der Waals surface area contributed by atoms with Crippen LogP contribution in [-0.2, 0) is 9.59 Å². The molecule has 0 aromatic rings. The number of hydrogen-bond acceptors (Lipinski definition) is 4. The Morgan fingerprint density at radius 1 is 1.21 bits per heavy atom. The summed E-state index contributed by atoms with van der Waals surface area (Å²) in [5.41, 5.74) is 0. The van der Waals surface area contributed by atoms with Gasteiger partial charge in [-0.3, -0.25) is 14.5 Å². The molecule has 0 amide bonds. The van der Waals surface area contributed by atoms with Gasteiger partial charge in [0, 0.05) is 0 Å². The van der Waals surface area contributed by atoms with Crippen molar-refractivity contribution < 1.29 is 14.7 Å². The molecule has 0 aromatic carbocycles. The zero-order chi connectivity index (χ0) is 14.7. The van der Waals surface area contributed by atoms with Crippen molar-refractivity contribution in [3.63, 3.8) is 0 Å². The summed E-state index contributed by atoms with van der Waals surface area (Å²) in [5.74, 6) is -1.00. The van der Waals surface area contributed by atoms with Gasteiger partial charge < -0.3 is 10.4 Å². The van der Waals surface area contributed by atoms with Crippen LogP contribution in [0.1, 0.15) is 45.4 Å². The van der Waals surface area contributed by atoms with Crippen molar-refractivity contribution in [2.45, 2.75) is 51.5 Å². The lowest BCUT2D eigenvalue weighted by molar-refractivity contribution is -0.139. The first-order valence-electron chi connectivity index (χ1n) is 7.11. The number of Topliss-reactive ketones (excluding diaryl/α,β-unsaturated/α-hetero) is 1. The Bertz CT molecular complexity index is 269. The van der Waals surface area contributed by atoms with Gasteiger partial charge in [-0.1, -0.05) is 32.6 Å². The van der Waals surface area contributed by atoms with Crippen LogP contribution >= 0.6 is 0 Å². The van der Waals surface area contributed by atoms with E-state index in [0.717, 1.165) is 13.0 Å². The maximum Gasteiger partial charge on any atom is 0.305 e. The molecule has 2 N–H and O–H groups in total. The molecule has 1 unspecified atom stereocenters. The van der Waals surface area contributed by atoms with Gasteiger partial charge in [-0.05, 0) is 27.1 Å². The SMILES string of the molecule is CCCCCCCN(C)CC(=O)C(CC(=O)O)NC. The highest BCUT2D eigenvalue weighted by atomic mass is 16.4. The van der Waals surface area contributed by atoms with Crippen LogP contribution in [0.15, 0.2) is 0 Å². The lowest BCUT2D eigenvalue weighted by Gasteiger charge is -2.19. The fourth-order valence-corrected chi connectivity index (χ4v) is 1.99. The average molecular weight is 272 g/mol. The first-order valence-corrected chi connectivity index (χ1v) is 7.11. The van der Waals surface area contributed by atoms with Gasteiger partial charge in [-0.2, -0.15) is 0 Å². The van der Waals surface area contributed by atoms with Gasteiger partial charge >= 0.3 is 5.97 Å². The van der Waals surface area contributed by atoms with Crippen molar-refractivity contribution in [1.29, 1.82) is 0 Å². The molecule has 0 aromatic heterocycles. The van der Waals surface area contributed by atoms with Gasteiger partial charge in [0.15, 0.2) is 5.78 Å². The van der Waals surface area contributed by atoms with Crippen molar-refractivity contribution in [1.82, 2.24) is 10.2 Å². The molecule has 0 aliphatic carbocycles. The van der Waals surface area contributed by atoms with Crippen LogP contribution in [0.25, 0.3) is 0 Å². The second kappa shape index (κ2) is 10.9. The van der Waals surface area contributed by atoms with Gasteiger partial charge in [0.05, 0.1) is 19.0 Å². The van der Waals surface area contributed by atoms with E-state index in [1.807, 2.05) is 11.9 Å². The normalized spacial score (nSPS) is 12.6. The lowest BCUT2D eigenvalue weighted by Crippen LogP contribution is -2.42. The summed E-state index contributed by atoms with van der Waals surface area (Å²) in [5, 5.41) is 11.5. The Hall–Kier alpha value is -0.940. The monoisotopic (exact) mass is 272 g/mol. The molecule has 0 fully saturated rings. The predicted octanol–water partition coefficient (Wildman–Crippen LogP) is 1.52. The maximum absolute atomic E-state index is 11.9. The first-order chi connectivity index (χ1) is 9.01. The minimum atomic E-state index is -0.949. The van der Waals surface area contributed by atoms with E-state index in [1.165, 1.54) is 25.7 Å². The van der Waals surface area contributed by atoms with E-state index >= 15 is 0 Å². The van der Waals surface area contributed by atoms with Crippen molar-refractivity contribution in [2.24, 2.45) is 0 Å². The third-order valence-electron chi connectivity index (χ3n) is 3.19. The summed E-state index contributed by atoms with van der Waals surface area (Å²) in [6.45, 7) is 3.39. The van der Waals surface area contributed by atoms with E-state index in [4.69, 9.17) is 5.11 Å². The van der Waals surface area contributed by atoms with E-state index in [-0.39, 0.29) is 12.2 Å². The van der Waals surface area contributed by atoms with Crippen LogP contribution < -0.4 is 5.32 Å². The number of rotatable bonds is 12. The predicted molar refractivity (Wildman–Crippen MR) is 76.4 cm³/mol. The Morgan fingerprint density at radius 3 is 2.37 bits per heavy atom. The highest BCUT2D eigenvalue weighted by Crippen LogP contribution is 2.03. The Labute approximate surface area is 116 Å². The lowest BCUT2D eigenvalue weighted by atomic mass is 10.1. The maximum atomic E-state index is 11.9. The van der Waals surface area contributed by atoms with Crippen LogP contribution in [-0.4, -0.2) is 55.0 Å². The van der Waals surface area contributed by atoms with E-state index in [1.54, 1.807) is 7.05 Å². The second-order valence-corrected chi connectivity index (χ2v) is 5.06. The number of ketones is 1. The molecule has 5 heteroatoms. The zero-order valence-corrected chi connectivity index (χ0v) is 12.4. The van der Waals surface area contributed by atoms with Crippen LogP contribution in [0.5, 0.6) is 0 Å². The number of nitrogens with one attached hydrogen (secondary N) is 1. The summed E-state index contributed by atoms with van der Waals surface area (Å²) in [4.78, 5) is 24.5. The molecule has 0 spiro atoms. The zero-order valence-electron chi connectivity index (χ0n) is 12.4. The Balaban J connectivity index is 3.86. The molecule has 0 aliphatic heterocycles. The number of carboxylic acids is 1. The molecule has 0 saturated carbocycles. The summed E-state index contributed by atoms with van der Waals surface area (Å²) < 4.78 is 0. The molecule has 0 bridgehead atoms. The van der Waals surface area contributed by atoms with Gasteiger partial charge in [-0.15, -0.1) is 0 Å². The quantitative estimate of drug-likeness (QED) is 0.527. The molecule has 0 rings (SSSR count). The van der Waals surface area contributed by atoms with Crippen LogP contribution in [0.4, 0.5) is 0 Å². The van der Waals surface area contributed by atoms with Gasteiger partial charge in [-0.25, -0.2) is 0 Å². The molecule has 112 valence electrons. The number of carboxylic acid groups (broad SMARTS) is 1. The second-order valence-electron chi connectivity index (χ2n) is 5.06. The molecule has 0 heterocycles.